The third-order valence-electron chi connectivity index (χ3n) is 2.48. The van der Waals surface area contributed by atoms with E-state index in [4.69, 9.17) is 11.5 Å². The van der Waals surface area contributed by atoms with Gasteiger partial charge in [0.15, 0.2) is 0 Å². The molecule has 1 aromatic rings. The average molecular weight is 162 g/mol. The molecular formula is C10H14N2. The fraction of sp³-hybridized carbons (Fsp3) is 0.400. The first-order valence-electron chi connectivity index (χ1n) is 4.36. The van der Waals surface area contributed by atoms with Crippen LogP contribution in [0.3, 0.4) is 0 Å². The highest BCUT2D eigenvalue weighted by molar-refractivity contribution is 5.30. The van der Waals surface area contributed by atoms with E-state index in [9.17, 15) is 0 Å². The second kappa shape index (κ2) is 2.88. The fourth-order valence-corrected chi connectivity index (χ4v) is 1.50. The second-order valence-electron chi connectivity index (χ2n) is 3.45. The van der Waals surface area contributed by atoms with Crippen LogP contribution in [-0.2, 0) is 6.54 Å². The molecule has 2 nitrogen and oxygen atoms in total. The summed E-state index contributed by atoms with van der Waals surface area (Å²) in [6.07, 6.45) is 1.14. The summed E-state index contributed by atoms with van der Waals surface area (Å²) >= 11 is 0. The van der Waals surface area contributed by atoms with Crippen molar-refractivity contribution in [2.75, 3.05) is 0 Å². The molecule has 2 atom stereocenters. The average Bonchev–Trinajstić information content (AvgIpc) is 2.83. The Kier molecular flexibility index (Phi) is 1.87. The maximum Gasteiger partial charge on any atom is 0.0178 e. The standard InChI is InChI=1S/C10H14N2/c11-6-7-1-3-8(4-2-7)9-5-10(9)12/h1-4,9-10H,5-6,11-12H2/t9-,10+/m0/s1. The summed E-state index contributed by atoms with van der Waals surface area (Å²) in [7, 11) is 0. The smallest absolute Gasteiger partial charge is 0.0178 e. The van der Waals surface area contributed by atoms with Gasteiger partial charge in [-0.1, -0.05) is 24.3 Å². The molecule has 64 valence electrons. The van der Waals surface area contributed by atoms with Gasteiger partial charge in [-0.2, -0.15) is 0 Å². The molecule has 4 N–H and O–H groups in total. The molecule has 0 bridgehead atoms. The molecule has 2 heteroatoms. The molecule has 0 amide bonds. The van der Waals surface area contributed by atoms with Crippen molar-refractivity contribution in [3.8, 4) is 0 Å². The van der Waals surface area contributed by atoms with Crippen LogP contribution in [0, 0.1) is 0 Å². The van der Waals surface area contributed by atoms with Gasteiger partial charge in [-0.25, -0.2) is 0 Å². The van der Waals surface area contributed by atoms with Crippen molar-refractivity contribution in [2.24, 2.45) is 11.5 Å². The van der Waals surface area contributed by atoms with Crippen molar-refractivity contribution in [2.45, 2.75) is 24.9 Å². The molecule has 0 aromatic heterocycles. The third-order valence-corrected chi connectivity index (χ3v) is 2.48. The Labute approximate surface area is 72.6 Å². The molecule has 0 aliphatic heterocycles. The topological polar surface area (TPSA) is 52.0 Å². The minimum atomic E-state index is 0.397. The fourth-order valence-electron chi connectivity index (χ4n) is 1.50. The van der Waals surface area contributed by atoms with Gasteiger partial charge in [-0.15, -0.1) is 0 Å². The van der Waals surface area contributed by atoms with Crippen LogP contribution in [0.5, 0.6) is 0 Å². The van der Waals surface area contributed by atoms with Gasteiger partial charge in [0.2, 0.25) is 0 Å². The Morgan fingerprint density at radius 1 is 1.25 bits per heavy atom. The van der Waals surface area contributed by atoms with Crippen molar-refractivity contribution in [3.63, 3.8) is 0 Å². The molecule has 1 aliphatic rings. The zero-order valence-corrected chi connectivity index (χ0v) is 7.03. The van der Waals surface area contributed by atoms with E-state index < -0.39 is 0 Å². The van der Waals surface area contributed by atoms with Crippen LogP contribution in [0.15, 0.2) is 24.3 Å². The molecular weight excluding hydrogens is 148 g/mol. The number of benzene rings is 1. The Morgan fingerprint density at radius 3 is 2.25 bits per heavy atom. The van der Waals surface area contributed by atoms with Crippen molar-refractivity contribution in [3.05, 3.63) is 35.4 Å². The van der Waals surface area contributed by atoms with Crippen LogP contribution >= 0.6 is 0 Å². The summed E-state index contributed by atoms with van der Waals surface area (Å²) in [4.78, 5) is 0. The minimum Gasteiger partial charge on any atom is -0.327 e. The van der Waals surface area contributed by atoms with Crippen LogP contribution in [0.1, 0.15) is 23.5 Å². The summed E-state index contributed by atoms with van der Waals surface area (Å²) in [5, 5.41) is 0. The van der Waals surface area contributed by atoms with Crippen LogP contribution in [0.4, 0.5) is 0 Å². The summed E-state index contributed by atoms with van der Waals surface area (Å²) in [5.41, 5.74) is 13.8. The van der Waals surface area contributed by atoms with Crippen LogP contribution in [0.2, 0.25) is 0 Å². The zero-order valence-electron chi connectivity index (χ0n) is 7.03. The first-order chi connectivity index (χ1) is 5.81. The lowest BCUT2D eigenvalue weighted by molar-refractivity contribution is 0.985. The number of hydrogen-bond acceptors (Lipinski definition) is 2. The summed E-state index contributed by atoms with van der Waals surface area (Å²) in [6, 6.07) is 8.84. The monoisotopic (exact) mass is 162 g/mol. The quantitative estimate of drug-likeness (QED) is 0.680. The van der Waals surface area contributed by atoms with Crippen molar-refractivity contribution < 1.29 is 0 Å². The van der Waals surface area contributed by atoms with E-state index in [-0.39, 0.29) is 0 Å². The van der Waals surface area contributed by atoms with Crippen LogP contribution in [0.25, 0.3) is 0 Å². The van der Waals surface area contributed by atoms with Gasteiger partial charge in [0, 0.05) is 18.5 Å². The van der Waals surface area contributed by atoms with Gasteiger partial charge in [0.25, 0.3) is 0 Å². The van der Waals surface area contributed by atoms with Gasteiger partial charge < -0.3 is 11.5 Å². The molecule has 1 saturated carbocycles. The lowest BCUT2D eigenvalue weighted by Gasteiger charge is -1.99. The molecule has 0 saturated heterocycles. The molecule has 0 spiro atoms. The summed E-state index contributed by atoms with van der Waals surface area (Å²) < 4.78 is 0. The van der Waals surface area contributed by atoms with E-state index in [2.05, 4.69) is 24.3 Å². The summed E-state index contributed by atoms with van der Waals surface area (Å²) in [6.45, 7) is 0.622. The van der Waals surface area contributed by atoms with E-state index in [0.29, 0.717) is 18.5 Å². The normalized spacial score (nSPS) is 27.2. The highest BCUT2D eigenvalue weighted by Crippen LogP contribution is 2.38. The predicted octanol–water partition coefficient (Wildman–Crippen LogP) is 0.960. The lowest BCUT2D eigenvalue weighted by atomic mass is 10.1. The zero-order chi connectivity index (χ0) is 8.55. The van der Waals surface area contributed by atoms with Crippen molar-refractivity contribution in [1.29, 1.82) is 0 Å². The van der Waals surface area contributed by atoms with Crippen molar-refractivity contribution in [1.82, 2.24) is 0 Å². The van der Waals surface area contributed by atoms with Gasteiger partial charge in [-0.05, 0) is 17.5 Å². The largest absolute Gasteiger partial charge is 0.327 e. The van der Waals surface area contributed by atoms with E-state index >= 15 is 0 Å². The SMILES string of the molecule is NCc1ccc([C@@H]2C[C@H]2N)cc1. The first-order valence-corrected chi connectivity index (χ1v) is 4.36. The molecule has 12 heavy (non-hydrogen) atoms. The summed E-state index contributed by atoms with van der Waals surface area (Å²) in [5.74, 6) is 0.608. The molecule has 1 aliphatic carbocycles. The number of hydrogen-bond donors (Lipinski definition) is 2. The Hall–Kier alpha value is -0.860. The molecule has 1 aromatic carbocycles. The molecule has 0 unspecified atom stereocenters. The predicted molar refractivity (Wildman–Crippen MR) is 49.7 cm³/mol. The second-order valence-corrected chi connectivity index (χ2v) is 3.45. The first kappa shape index (κ1) is 7.77. The third kappa shape index (κ3) is 1.36. The van der Waals surface area contributed by atoms with Gasteiger partial charge in [0.1, 0.15) is 0 Å². The van der Waals surface area contributed by atoms with E-state index in [1.165, 1.54) is 11.1 Å². The maximum absolute atomic E-state index is 5.74. The highest BCUT2D eigenvalue weighted by Gasteiger charge is 2.34. The number of rotatable bonds is 2. The highest BCUT2D eigenvalue weighted by atomic mass is 14.7. The molecule has 0 radical (unpaired) electrons. The lowest BCUT2D eigenvalue weighted by Crippen LogP contribution is -2.01. The minimum absolute atomic E-state index is 0.397. The van der Waals surface area contributed by atoms with Gasteiger partial charge >= 0.3 is 0 Å². The van der Waals surface area contributed by atoms with E-state index in [1.807, 2.05) is 0 Å². The Morgan fingerprint density at radius 2 is 1.83 bits per heavy atom. The van der Waals surface area contributed by atoms with Crippen molar-refractivity contribution >= 4 is 0 Å². The van der Waals surface area contributed by atoms with Crippen LogP contribution < -0.4 is 11.5 Å². The number of nitrogens with two attached hydrogens (primary N) is 2. The maximum atomic E-state index is 5.74. The van der Waals surface area contributed by atoms with E-state index in [1.54, 1.807) is 0 Å². The Balaban J connectivity index is 2.14. The van der Waals surface area contributed by atoms with Gasteiger partial charge in [0.05, 0.1) is 0 Å². The molecule has 0 heterocycles. The molecule has 2 rings (SSSR count). The molecule has 1 fully saturated rings. The van der Waals surface area contributed by atoms with E-state index in [0.717, 1.165) is 6.42 Å². The Bertz CT molecular complexity index is 266. The van der Waals surface area contributed by atoms with Gasteiger partial charge in [-0.3, -0.25) is 0 Å². The van der Waals surface area contributed by atoms with Crippen LogP contribution in [-0.4, -0.2) is 6.04 Å².